The van der Waals surface area contributed by atoms with E-state index in [1.165, 1.54) is 6.42 Å². The summed E-state index contributed by atoms with van der Waals surface area (Å²) < 4.78 is 5.83. The molecule has 1 fully saturated rings. The molecule has 142 valence electrons. The molecule has 1 atom stereocenters. The van der Waals surface area contributed by atoms with Gasteiger partial charge in [-0.1, -0.05) is 18.5 Å². The van der Waals surface area contributed by atoms with Crippen molar-refractivity contribution < 1.29 is 14.3 Å². The number of likely N-dealkylation sites (tertiary alicyclic amines) is 1. The zero-order valence-corrected chi connectivity index (χ0v) is 16.5. The molecule has 5 nitrogen and oxygen atoms in total. The van der Waals surface area contributed by atoms with E-state index in [0.717, 1.165) is 25.8 Å². The van der Waals surface area contributed by atoms with E-state index in [9.17, 15) is 9.59 Å². The highest BCUT2D eigenvalue weighted by Gasteiger charge is 2.41. The summed E-state index contributed by atoms with van der Waals surface area (Å²) in [6, 6.07) is 5.58. The normalized spacial score (nSPS) is 22.0. The molecule has 6 heteroatoms. The smallest absolute Gasteiger partial charge is 0.270 e. The lowest BCUT2D eigenvalue weighted by atomic mass is 9.99. The standard InChI is InChI=1S/C20H27ClN2O3/c1-4-15-7-5-6-11-22(15)18(24)10-12-23-16-13-14(21)8-9-17(16)26-20(2,3)19(23)25/h8-9,13,15H,4-7,10-12H2,1-3H3. The molecule has 0 aliphatic carbocycles. The molecule has 1 unspecified atom stereocenters. The Labute approximate surface area is 160 Å². The van der Waals surface area contributed by atoms with Crippen molar-refractivity contribution in [1.82, 2.24) is 4.90 Å². The fraction of sp³-hybridized carbons (Fsp3) is 0.600. The molecular weight excluding hydrogens is 352 g/mol. The van der Waals surface area contributed by atoms with E-state index < -0.39 is 5.60 Å². The van der Waals surface area contributed by atoms with Gasteiger partial charge in [0.25, 0.3) is 5.91 Å². The maximum absolute atomic E-state index is 12.9. The number of hydrogen-bond donors (Lipinski definition) is 0. The second-order valence-corrected chi connectivity index (χ2v) is 8.01. The molecule has 2 amide bonds. The molecule has 2 aliphatic heterocycles. The predicted octanol–water partition coefficient (Wildman–Crippen LogP) is 4.03. The Kier molecular flexibility index (Phi) is 5.47. The zero-order valence-electron chi connectivity index (χ0n) is 15.8. The first-order chi connectivity index (χ1) is 12.3. The maximum atomic E-state index is 12.9. The SMILES string of the molecule is CCC1CCCCN1C(=O)CCN1C(=O)C(C)(C)Oc2ccc(Cl)cc21. The lowest BCUT2D eigenvalue weighted by Crippen LogP contribution is -2.53. The molecule has 2 heterocycles. The molecule has 0 spiro atoms. The Balaban J connectivity index is 1.77. The van der Waals surface area contributed by atoms with Gasteiger partial charge in [-0.3, -0.25) is 9.59 Å². The molecule has 2 aliphatic rings. The number of ether oxygens (including phenoxy) is 1. The average molecular weight is 379 g/mol. The summed E-state index contributed by atoms with van der Waals surface area (Å²) in [6.45, 7) is 6.79. The summed E-state index contributed by atoms with van der Waals surface area (Å²) in [5.41, 5.74) is -0.318. The lowest BCUT2D eigenvalue weighted by Gasteiger charge is -2.39. The van der Waals surface area contributed by atoms with Gasteiger partial charge >= 0.3 is 0 Å². The van der Waals surface area contributed by atoms with Gasteiger partial charge in [0.2, 0.25) is 5.91 Å². The molecule has 1 saturated heterocycles. The maximum Gasteiger partial charge on any atom is 0.270 e. The van der Waals surface area contributed by atoms with Crippen molar-refractivity contribution in [1.29, 1.82) is 0 Å². The number of fused-ring (bicyclic) bond motifs is 1. The molecule has 0 bridgehead atoms. The summed E-state index contributed by atoms with van der Waals surface area (Å²) >= 11 is 6.11. The third kappa shape index (κ3) is 3.68. The molecule has 0 radical (unpaired) electrons. The van der Waals surface area contributed by atoms with Crippen molar-refractivity contribution in [2.45, 2.75) is 64.5 Å². The second-order valence-electron chi connectivity index (χ2n) is 7.58. The van der Waals surface area contributed by atoms with E-state index in [-0.39, 0.29) is 11.8 Å². The summed E-state index contributed by atoms with van der Waals surface area (Å²) in [4.78, 5) is 29.3. The first-order valence-electron chi connectivity index (χ1n) is 9.43. The van der Waals surface area contributed by atoms with Crippen LogP contribution in [-0.2, 0) is 9.59 Å². The fourth-order valence-electron chi connectivity index (χ4n) is 3.87. The van der Waals surface area contributed by atoms with E-state index in [1.807, 2.05) is 4.90 Å². The highest BCUT2D eigenvalue weighted by atomic mass is 35.5. The fourth-order valence-corrected chi connectivity index (χ4v) is 4.03. The Morgan fingerprint density at radius 2 is 2.12 bits per heavy atom. The summed E-state index contributed by atoms with van der Waals surface area (Å²) in [6.07, 6.45) is 4.61. The number of benzene rings is 1. The Morgan fingerprint density at radius 3 is 2.85 bits per heavy atom. The third-order valence-electron chi connectivity index (χ3n) is 5.31. The number of anilines is 1. The van der Waals surface area contributed by atoms with Crippen LogP contribution in [0.15, 0.2) is 18.2 Å². The highest BCUT2D eigenvalue weighted by Crippen LogP contribution is 2.39. The van der Waals surface area contributed by atoms with Crippen molar-refractivity contribution in [3.63, 3.8) is 0 Å². The Bertz CT molecular complexity index is 704. The minimum absolute atomic E-state index is 0.122. The van der Waals surface area contributed by atoms with Gasteiger partial charge in [0.1, 0.15) is 5.75 Å². The Hall–Kier alpha value is -1.75. The van der Waals surface area contributed by atoms with Gasteiger partial charge < -0.3 is 14.5 Å². The molecule has 26 heavy (non-hydrogen) atoms. The van der Waals surface area contributed by atoms with Crippen molar-refractivity contribution in [3.8, 4) is 5.75 Å². The summed E-state index contributed by atoms with van der Waals surface area (Å²) in [5.74, 6) is 0.596. The van der Waals surface area contributed by atoms with Crippen molar-refractivity contribution >= 4 is 29.1 Å². The highest BCUT2D eigenvalue weighted by molar-refractivity contribution is 6.31. The molecule has 3 rings (SSSR count). The minimum Gasteiger partial charge on any atom is -0.476 e. The van der Waals surface area contributed by atoms with Crippen LogP contribution in [0.25, 0.3) is 0 Å². The predicted molar refractivity (Wildman–Crippen MR) is 103 cm³/mol. The number of rotatable bonds is 4. The zero-order chi connectivity index (χ0) is 18.9. The topological polar surface area (TPSA) is 49.9 Å². The van der Waals surface area contributed by atoms with Crippen LogP contribution in [0, 0.1) is 0 Å². The van der Waals surface area contributed by atoms with E-state index in [4.69, 9.17) is 16.3 Å². The van der Waals surface area contributed by atoms with Crippen LogP contribution in [0.3, 0.4) is 0 Å². The van der Waals surface area contributed by atoms with Crippen LogP contribution >= 0.6 is 11.6 Å². The van der Waals surface area contributed by atoms with Gasteiger partial charge in [-0.2, -0.15) is 0 Å². The van der Waals surface area contributed by atoms with Gasteiger partial charge in [0.15, 0.2) is 5.60 Å². The largest absolute Gasteiger partial charge is 0.476 e. The summed E-state index contributed by atoms with van der Waals surface area (Å²) in [5, 5.41) is 0.540. The molecular formula is C20H27ClN2O3. The molecule has 1 aromatic rings. The number of nitrogens with zero attached hydrogens (tertiary/aromatic N) is 2. The number of amides is 2. The van der Waals surface area contributed by atoms with Gasteiger partial charge in [-0.05, 0) is 57.7 Å². The first-order valence-corrected chi connectivity index (χ1v) is 9.81. The monoisotopic (exact) mass is 378 g/mol. The number of halogens is 1. The van der Waals surface area contributed by atoms with Crippen molar-refractivity contribution in [3.05, 3.63) is 23.2 Å². The number of piperidine rings is 1. The van der Waals surface area contributed by atoms with Gasteiger partial charge in [-0.15, -0.1) is 0 Å². The second kappa shape index (κ2) is 7.47. The van der Waals surface area contributed by atoms with E-state index in [1.54, 1.807) is 36.9 Å². The first kappa shape index (κ1) is 19.0. The average Bonchev–Trinajstić information content (AvgIpc) is 2.62. The van der Waals surface area contributed by atoms with Gasteiger partial charge in [-0.25, -0.2) is 0 Å². The van der Waals surface area contributed by atoms with Crippen molar-refractivity contribution in [2.24, 2.45) is 0 Å². The van der Waals surface area contributed by atoms with Crippen LogP contribution in [-0.4, -0.2) is 41.4 Å². The Morgan fingerprint density at radius 1 is 1.35 bits per heavy atom. The van der Waals surface area contributed by atoms with E-state index in [0.29, 0.717) is 35.5 Å². The number of carbonyl (C=O) groups excluding carboxylic acids is 2. The quantitative estimate of drug-likeness (QED) is 0.794. The number of carbonyl (C=O) groups is 2. The number of hydrogen-bond acceptors (Lipinski definition) is 3. The van der Waals surface area contributed by atoms with Crippen LogP contribution in [0.1, 0.15) is 52.9 Å². The lowest BCUT2D eigenvalue weighted by molar-refractivity contribution is -0.135. The molecule has 0 N–H and O–H groups in total. The van der Waals surface area contributed by atoms with Gasteiger partial charge in [0.05, 0.1) is 5.69 Å². The minimum atomic E-state index is -0.957. The van der Waals surface area contributed by atoms with Crippen LogP contribution in [0.5, 0.6) is 5.75 Å². The summed E-state index contributed by atoms with van der Waals surface area (Å²) in [7, 11) is 0. The van der Waals surface area contributed by atoms with E-state index >= 15 is 0 Å². The van der Waals surface area contributed by atoms with Crippen LogP contribution < -0.4 is 9.64 Å². The molecule has 1 aromatic carbocycles. The molecule has 0 aromatic heterocycles. The van der Waals surface area contributed by atoms with Crippen LogP contribution in [0.4, 0.5) is 5.69 Å². The van der Waals surface area contributed by atoms with Crippen molar-refractivity contribution in [2.75, 3.05) is 18.0 Å². The molecule has 0 saturated carbocycles. The van der Waals surface area contributed by atoms with Crippen LogP contribution in [0.2, 0.25) is 5.02 Å². The van der Waals surface area contributed by atoms with Gasteiger partial charge in [0, 0.05) is 30.6 Å². The van der Waals surface area contributed by atoms with E-state index in [2.05, 4.69) is 6.92 Å². The third-order valence-corrected chi connectivity index (χ3v) is 5.54.